The molecule has 2 N–H and O–H groups in total. The van der Waals surface area contributed by atoms with Gasteiger partial charge in [-0.1, -0.05) is 0 Å². The predicted octanol–water partition coefficient (Wildman–Crippen LogP) is 1.74. The molecule has 0 atom stereocenters. The Morgan fingerprint density at radius 1 is 1.55 bits per heavy atom. The molecule has 0 amide bonds. The zero-order valence-corrected chi connectivity index (χ0v) is 11.3. The largest absolute Gasteiger partial charge is 0.497 e. The summed E-state index contributed by atoms with van der Waals surface area (Å²) in [6.45, 7) is -0.209. The molecule has 20 heavy (non-hydrogen) atoms. The second-order valence-electron chi connectivity index (χ2n) is 4.18. The van der Waals surface area contributed by atoms with E-state index in [0.717, 1.165) is 10.9 Å². The number of H-pyrrole nitrogens is 1. The average Bonchev–Trinajstić information content (AvgIpc) is 2.71. The maximum Gasteiger partial charge on any atom is 0.323 e. The zero-order valence-electron chi connectivity index (χ0n) is 10.5. The molecule has 0 aliphatic rings. The second-order valence-corrected chi connectivity index (χ2v) is 4.56. The number of carbonyl (C=O) groups is 1. The Hall–Kier alpha value is -2.48. The molecule has 0 saturated heterocycles. The summed E-state index contributed by atoms with van der Waals surface area (Å²) in [7, 11) is 1.57. The highest BCUT2D eigenvalue weighted by molar-refractivity contribution is 7.71. The van der Waals surface area contributed by atoms with Crippen LogP contribution in [0.25, 0.3) is 22.1 Å². The first kappa shape index (κ1) is 12.5. The van der Waals surface area contributed by atoms with Gasteiger partial charge in [0.15, 0.2) is 5.65 Å². The van der Waals surface area contributed by atoms with Crippen molar-refractivity contribution >= 4 is 40.3 Å². The molecule has 1 aromatic carbocycles. The molecule has 0 saturated carbocycles. The third-order valence-electron chi connectivity index (χ3n) is 2.98. The number of aromatic amines is 1. The molecule has 3 aromatic rings. The number of ether oxygens (including phenoxy) is 1. The van der Waals surface area contributed by atoms with Crippen LogP contribution < -0.4 is 4.74 Å². The van der Waals surface area contributed by atoms with Crippen LogP contribution in [0.5, 0.6) is 5.75 Å². The summed E-state index contributed by atoms with van der Waals surface area (Å²) in [5.74, 6) is -0.295. The quantitative estimate of drug-likeness (QED) is 0.714. The standard InChI is InChI=1S/C12H10N4O3S/c1-19-6-2-3-8-7(4-6)10-11(13-12(20)15-14-10)16(8)5-9(17)18/h2-4H,5H2,1H3,(H,17,18)(H,13,15,20). The molecule has 3 rings (SSSR count). The van der Waals surface area contributed by atoms with Gasteiger partial charge in [0.1, 0.15) is 17.8 Å². The van der Waals surface area contributed by atoms with E-state index in [0.29, 0.717) is 16.9 Å². The van der Waals surface area contributed by atoms with E-state index in [9.17, 15) is 4.79 Å². The fraction of sp³-hybridized carbons (Fsp3) is 0.167. The number of fused-ring (bicyclic) bond motifs is 3. The zero-order chi connectivity index (χ0) is 14.3. The lowest BCUT2D eigenvalue weighted by molar-refractivity contribution is -0.137. The Bertz CT molecular complexity index is 883. The molecule has 8 heteroatoms. The number of aliphatic carboxylic acids is 1. The van der Waals surface area contributed by atoms with Crippen LogP contribution in [0.1, 0.15) is 0 Å². The molecule has 0 unspecified atom stereocenters. The number of rotatable bonds is 3. The SMILES string of the molecule is COc1ccc2c(c1)c1n[nH]c(=S)nc1n2CC(=O)O. The molecular formula is C12H10N4O3S. The van der Waals surface area contributed by atoms with E-state index >= 15 is 0 Å². The van der Waals surface area contributed by atoms with E-state index in [1.54, 1.807) is 29.9 Å². The minimum Gasteiger partial charge on any atom is -0.497 e. The fourth-order valence-corrected chi connectivity index (χ4v) is 2.31. The molecule has 0 fully saturated rings. The Labute approximate surface area is 117 Å². The van der Waals surface area contributed by atoms with Gasteiger partial charge in [-0.25, -0.2) is 0 Å². The van der Waals surface area contributed by atoms with Crippen molar-refractivity contribution in [2.45, 2.75) is 6.54 Å². The number of methoxy groups -OCH3 is 1. The van der Waals surface area contributed by atoms with E-state index in [1.165, 1.54) is 0 Å². The van der Waals surface area contributed by atoms with Crippen molar-refractivity contribution in [2.24, 2.45) is 0 Å². The van der Waals surface area contributed by atoms with Crippen molar-refractivity contribution in [1.82, 2.24) is 19.7 Å². The lowest BCUT2D eigenvalue weighted by Crippen LogP contribution is -2.09. The summed E-state index contributed by atoms with van der Waals surface area (Å²) in [6.07, 6.45) is 0. The van der Waals surface area contributed by atoms with Crippen LogP contribution in [-0.4, -0.2) is 37.9 Å². The molecule has 0 spiro atoms. The van der Waals surface area contributed by atoms with Crippen LogP contribution in [0.2, 0.25) is 0 Å². The summed E-state index contributed by atoms with van der Waals surface area (Å²) in [6, 6.07) is 5.34. The van der Waals surface area contributed by atoms with Gasteiger partial charge in [0, 0.05) is 5.39 Å². The normalized spacial score (nSPS) is 11.1. The van der Waals surface area contributed by atoms with E-state index in [-0.39, 0.29) is 11.3 Å². The summed E-state index contributed by atoms with van der Waals surface area (Å²) >= 11 is 4.95. The summed E-state index contributed by atoms with van der Waals surface area (Å²) in [5, 5.41) is 16.6. The van der Waals surface area contributed by atoms with Gasteiger partial charge in [0.25, 0.3) is 0 Å². The van der Waals surface area contributed by atoms with Gasteiger partial charge in [0.05, 0.1) is 12.6 Å². The van der Waals surface area contributed by atoms with Gasteiger partial charge in [0.2, 0.25) is 4.77 Å². The van der Waals surface area contributed by atoms with Crippen LogP contribution in [0.15, 0.2) is 18.2 Å². The number of hydrogen-bond donors (Lipinski definition) is 2. The lowest BCUT2D eigenvalue weighted by Gasteiger charge is -2.03. The lowest BCUT2D eigenvalue weighted by atomic mass is 10.2. The number of carboxylic acids is 1. The molecule has 0 bridgehead atoms. The van der Waals surface area contributed by atoms with Gasteiger partial charge in [-0.15, -0.1) is 0 Å². The first-order chi connectivity index (χ1) is 9.60. The third-order valence-corrected chi connectivity index (χ3v) is 3.16. The summed E-state index contributed by atoms with van der Waals surface area (Å²) < 4.78 is 6.96. The number of carboxylic acid groups (broad SMARTS) is 1. The van der Waals surface area contributed by atoms with Crippen LogP contribution in [-0.2, 0) is 11.3 Å². The van der Waals surface area contributed by atoms with Gasteiger partial charge >= 0.3 is 5.97 Å². The Morgan fingerprint density at radius 3 is 3.05 bits per heavy atom. The minimum absolute atomic E-state index is 0.207. The number of aromatic nitrogens is 4. The summed E-state index contributed by atoms with van der Waals surface area (Å²) in [5.41, 5.74) is 1.73. The van der Waals surface area contributed by atoms with Crippen LogP contribution in [0.3, 0.4) is 0 Å². The Morgan fingerprint density at radius 2 is 2.35 bits per heavy atom. The summed E-state index contributed by atoms with van der Waals surface area (Å²) in [4.78, 5) is 15.2. The number of nitrogens with zero attached hydrogens (tertiary/aromatic N) is 3. The molecule has 7 nitrogen and oxygen atoms in total. The average molecular weight is 290 g/mol. The van der Waals surface area contributed by atoms with Crippen molar-refractivity contribution in [2.75, 3.05) is 7.11 Å². The first-order valence-electron chi connectivity index (χ1n) is 5.74. The van der Waals surface area contributed by atoms with Crippen molar-refractivity contribution in [3.63, 3.8) is 0 Å². The smallest absolute Gasteiger partial charge is 0.323 e. The predicted molar refractivity (Wildman–Crippen MR) is 74.4 cm³/mol. The van der Waals surface area contributed by atoms with Crippen LogP contribution >= 0.6 is 12.2 Å². The van der Waals surface area contributed by atoms with Crippen LogP contribution in [0, 0.1) is 4.77 Å². The minimum atomic E-state index is -0.958. The van der Waals surface area contributed by atoms with Gasteiger partial charge in [-0.2, -0.15) is 10.1 Å². The van der Waals surface area contributed by atoms with Gasteiger partial charge in [-0.05, 0) is 30.4 Å². The number of hydrogen-bond acceptors (Lipinski definition) is 5. The van der Waals surface area contributed by atoms with Crippen molar-refractivity contribution in [3.05, 3.63) is 23.0 Å². The molecule has 0 aliphatic carbocycles. The molecule has 0 aliphatic heterocycles. The van der Waals surface area contributed by atoms with E-state index in [4.69, 9.17) is 22.1 Å². The maximum absolute atomic E-state index is 11.0. The molecular weight excluding hydrogens is 280 g/mol. The van der Waals surface area contributed by atoms with Crippen molar-refractivity contribution in [3.8, 4) is 5.75 Å². The molecule has 2 aromatic heterocycles. The fourth-order valence-electron chi connectivity index (χ4n) is 2.17. The highest BCUT2D eigenvalue weighted by atomic mass is 32.1. The molecule has 0 radical (unpaired) electrons. The molecule has 2 heterocycles. The maximum atomic E-state index is 11.0. The number of nitrogens with one attached hydrogen (secondary N) is 1. The highest BCUT2D eigenvalue weighted by Crippen LogP contribution is 2.29. The van der Waals surface area contributed by atoms with E-state index < -0.39 is 5.97 Å². The van der Waals surface area contributed by atoms with Crippen molar-refractivity contribution < 1.29 is 14.6 Å². The second kappa shape index (κ2) is 4.57. The van der Waals surface area contributed by atoms with Gasteiger partial charge in [-0.3, -0.25) is 9.89 Å². The monoisotopic (exact) mass is 290 g/mol. The van der Waals surface area contributed by atoms with Gasteiger partial charge < -0.3 is 14.4 Å². The first-order valence-corrected chi connectivity index (χ1v) is 6.15. The third kappa shape index (κ3) is 1.90. The van der Waals surface area contributed by atoms with E-state index in [1.807, 2.05) is 0 Å². The Kier molecular flexibility index (Phi) is 2.87. The van der Waals surface area contributed by atoms with E-state index in [2.05, 4.69) is 15.2 Å². The highest BCUT2D eigenvalue weighted by Gasteiger charge is 2.15. The topological polar surface area (TPSA) is 93.0 Å². The Balaban J connectivity index is 2.45. The van der Waals surface area contributed by atoms with Crippen LogP contribution in [0.4, 0.5) is 0 Å². The molecule has 102 valence electrons. The van der Waals surface area contributed by atoms with Crippen molar-refractivity contribution in [1.29, 1.82) is 0 Å². The number of benzene rings is 1.